The number of carbonyl (C=O) groups is 1. The van der Waals surface area contributed by atoms with Gasteiger partial charge in [-0.05, 0) is 37.5 Å². The SMILES string of the molecule is Cc1cc(Br)ccc1C(=O)C1CCOCC1. The van der Waals surface area contributed by atoms with Gasteiger partial charge in [0.1, 0.15) is 0 Å². The number of hydrogen-bond acceptors (Lipinski definition) is 2. The molecule has 1 heterocycles. The predicted molar refractivity (Wildman–Crippen MR) is 66.8 cm³/mol. The Kier molecular flexibility index (Phi) is 3.77. The summed E-state index contributed by atoms with van der Waals surface area (Å²) in [6, 6.07) is 5.84. The van der Waals surface area contributed by atoms with Crippen LogP contribution in [-0.4, -0.2) is 19.0 Å². The average molecular weight is 283 g/mol. The van der Waals surface area contributed by atoms with Gasteiger partial charge in [-0.1, -0.05) is 22.0 Å². The zero-order chi connectivity index (χ0) is 11.5. The van der Waals surface area contributed by atoms with Gasteiger partial charge in [0.15, 0.2) is 5.78 Å². The van der Waals surface area contributed by atoms with Crippen LogP contribution in [0, 0.1) is 12.8 Å². The average Bonchev–Trinajstić information content (AvgIpc) is 2.29. The summed E-state index contributed by atoms with van der Waals surface area (Å²) in [5.41, 5.74) is 1.90. The summed E-state index contributed by atoms with van der Waals surface area (Å²) >= 11 is 3.41. The van der Waals surface area contributed by atoms with Crippen LogP contribution >= 0.6 is 15.9 Å². The summed E-state index contributed by atoms with van der Waals surface area (Å²) in [6.45, 7) is 3.41. The molecule has 86 valence electrons. The second-order valence-corrected chi connectivity index (χ2v) is 5.13. The molecule has 0 atom stereocenters. The fourth-order valence-electron chi connectivity index (χ4n) is 2.08. The molecule has 0 aromatic heterocycles. The zero-order valence-corrected chi connectivity index (χ0v) is 10.9. The number of rotatable bonds is 2. The molecule has 0 saturated carbocycles. The second kappa shape index (κ2) is 5.11. The lowest BCUT2D eigenvalue weighted by atomic mass is 9.89. The van der Waals surface area contributed by atoms with E-state index in [0.29, 0.717) is 13.2 Å². The highest BCUT2D eigenvalue weighted by atomic mass is 79.9. The van der Waals surface area contributed by atoms with Gasteiger partial charge < -0.3 is 4.74 Å². The lowest BCUT2D eigenvalue weighted by Crippen LogP contribution is -2.24. The number of halogens is 1. The first-order valence-electron chi connectivity index (χ1n) is 5.56. The number of aryl methyl sites for hydroxylation is 1. The highest BCUT2D eigenvalue weighted by Gasteiger charge is 2.23. The highest BCUT2D eigenvalue weighted by Crippen LogP contribution is 2.23. The van der Waals surface area contributed by atoms with E-state index in [1.807, 2.05) is 25.1 Å². The molecule has 1 aliphatic heterocycles. The largest absolute Gasteiger partial charge is 0.381 e. The van der Waals surface area contributed by atoms with Crippen molar-refractivity contribution in [1.29, 1.82) is 0 Å². The molecule has 1 aliphatic rings. The third kappa shape index (κ3) is 2.53. The van der Waals surface area contributed by atoms with Crippen LogP contribution in [-0.2, 0) is 4.74 Å². The topological polar surface area (TPSA) is 26.3 Å². The third-order valence-corrected chi connectivity index (χ3v) is 3.54. The van der Waals surface area contributed by atoms with Gasteiger partial charge in [0, 0.05) is 29.2 Å². The van der Waals surface area contributed by atoms with E-state index in [4.69, 9.17) is 4.74 Å². The molecule has 0 spiro atoms. The van der Waals surface area contributed by atoms with Gasteiger partial charge in [0.05, 0.1) is 0 Å². The van der Waals surface area contributed by atoms with Gasteiger partial charge >= 0.3 is 0 Å². The molecule has 1 aromatic rings. The van der Waals surface area contributed by atoms with Crippen molar-refractivity contribution in [3.8, 4) is 0 Å². The van der Waals surface area contributed by atoms with Crippen LogP contribution < -0.4 is 0 Å². The molecule has 0 bridgehead atoms. The fourth-order valence-corrected chi connectivity index (χ4v) is 2.56. The lowest BCUT2D eigenvalue weighted by molar-refractivity contribution is 0.0544. The normalized spacial score (nSPS) is 17.4. The van der Waals surface area contributed by atoms with Crippen molar-refractivity contribution in [3.63, 3.8) is 0 Å². The maximum Gasteiger partial charge on any atom is 0.166 e. The monoisotopic (exact) mass is 282 g/mol. The van der Waals surface area contributed by atoms with E-state index >= 15 is 0 Å². The number of Topliss-reactive ketones (excluding diaryl/α,β-unsaturated/α-hetero) is 1. The summed E-state index contributed by atoms with van der Waals surface area (Å²) in [5.74, 6) is 0.418. The predicted octanol–water partition coefficient (Wildman–Crippen LogP) is 3.37. The highest BCUT2D eigenvalue weighted by molar-refractivity contribution is 9.10. The van der Waals surface area contributed by atoms with Gasteiger partial charge in [-0.15, -0.1) is 0 Å². The minimum atomic E-state index is 0.147. The number of ketones is 1. The number of hydrogen-bond donors (Lipinski definition) is 0. The second-order valence-electron chi connectivity index (χ2n) is 4.21. The molecule has 0 amide bonds. The Hall–Kier alpha value is -0.670. The molecule has 0 unspecified atom stereocenters. The molecule has 0 radical (unpaired) electrons. The first-order valence-corrected chi connectivity index (χ1v) is 6.36. The summed E-state index contributed by atoms with van der Waals surface area (Å²) in [4.78, 5) is 12.3. The zero-order valence-electron chi connectivity index (χ0n) is 9.33. The quantitative estimate of drug-likeness (QED) is 0.778. The summed E-state index contributed by atoms with van der Waals surface area (Å²) in [7, 11) is 0. The van der Waals surface area contributed by atoms with Crippen LogP contribution in [0.5, 0.6) is 0 Å². The lowest BCUT2D eigenvalue weighted by Gasteiger charge is -2.21. The molecule has 2 rings (SSSR count). The number of ether oxygens (including phenoxy) is 1. The van der Waals surface area contributed by atoms with Crippen molar-refractivity contribution in [2.45, 2.75) is 19.8 Å². The Morgan fingerprint density at radius 3 is 2.69 bits per heavy atom. The summed E-state index contributed by atoms with van der Waals surface area (Å²) in [5, 5.41) is 0. The van der Waals surface area contributed by atoms with Gasteiger partial charge in [-0.3, -0.25) is 4.79 Å². The van der Waals surface area contributed by atoms with Crippen molar-refractivity contribution >= 4 is 21.7 Å². The van der Waals surface area contributed by atoms with Gasteiger partial charge in [-0.25, -0.2) is 0 Å². The van der Waals surface area contributed by atoms with E-state index in [2.05, 4.69) is 15.9 Å². The van der Waals surface area contributed by atoms with Crippen molar-refractivity contribution in [2.75, 3.05) is 13.2 Å². The molecular weight excluding hydrogens is 268 g/mol. The molecule has 1 aromatic carbocycles. The van der Waals surface area contributed by atoms with Crippen LogP contribution in [0.15, 0.2) is 22.7 Å². The molecule has 1 fully saturated rings. The molecule has 1 saturated heterocycles. The Labute approximate surface area is 104 Å². The molecular formula is C13H15BrO2. The van der Waals surface area contributed by atoms with Gasteiger partial charge in [0.25, 0.3) is 0 Å². The van der Waals surface area contributed by atoms with E-state index in [9.17, 15) is 4.79 Å². The number of benzene rings is 1. The summed E-state index contributed by atoms with van der Waals surface area (Å²) < 4.78 is 6.30. The summed E-state index contributed by atoms with van der Waals surface area (Å²) in [6.07, 6.45) is 1.71. The van der Waals surface area contributed by atoms with Gasteiger partial charge in [-0.2, -0.15) is 0 Å². The van der Waals surface area contributed by atoms with E-state index in [1.54, 1.807) is 0 Å². The smallest absolute Gasteiger partial charge is 0.166 e. The van der Waals surface area contributed by atoms with Crippen LogP contribution in [0.4, 0.5) is 0 Å². The minimum Gasteiger partial charge on any atom is -0.381 e. The van der Waals surface area contributed by atoms with E-state index in [-0.39, 0.29) is 11.7 Å². The van der Waals surface area contributed by atoms with Crippen molar-refractivity contribution in [2.24, 2.45) is 5.92 Å². The van der Waals surface area contributed by atoms with Crippen LogP contribution in [0.1, 0.15) is 28.8 Å². The Morgan fingerprint density at radius 2 is 2.06 bits per heavy atom. The van der Waals surface area contributed by atoms with Crippen LogP contribution in [0.25, 0.3) is 0 Å². The fraction of sp³-hybridized carbons (Fsp3) is 0.462. The van der Waals surface area contributed by atoms with Crippen LogP contribution in [0.3, 0.4) is 0 Å². The van der Waals surface area contributed by atoms with Crippen molar-refractivity contribution in [1.82, 2.24) is 0 Å². The first-order chi connectivity index (χ1) is 7.68. The van der Waals surface area contributed by atoms with Gasteiger partial charge in [0.2, 0.25) is 0 Å². The Bertz CT molecular complexity index is 395. The molecule has 16 heavy (non-hydrogen) atoms. The first kappa shape index (κ1) is 11.8. The molecule has 0 aliphatic carbocycles. The number of carbonyl (C=O) groups excluding carboxylic acids is 1. The minimum absolute atomic E-state index is 0.147. The maximum absolute atomic E-state index is 12.3. The van der Waals surface area contributed by atoms with E-state index in [0.717, 1.165) is 28.4 Å². The molecule has 0 N–H and O–H groups in total. The van der Waals surface area contributed by atoms with E-state index in [1.165, 1.54) is 0 Å². The molecule has 3 heteroatoms. The maximum atomic E-state index is 12.3. The third-order valence-electron chi connectivity index (χ3n) is 3.05. The van der Waals surface area contributed by atoms with Crippen LogP contribution in [0.2, 0.25) is 0 Å². The molecule has 2 nitrogen and oxygen atoms in total. The van der Waals surface area contributed by atoms with E-state index < -0.39 is 0 Å². The Balaban J connectivity index is 2.19. The van der Waals surface area contributed by atoms with Crippen molar-refractivity contribution in [3.05, 3.63) is 33.8 Å². The standard InChI is InChI=1S/C13H15BrO2/c1-9-8-11(14)2-3-12(9)13(15)10-4-6-16-7-5-10/h2-3,8,10H,4-7H2,1H3. The van der Waals surface area contributed by atoms with Crippen molar-refractivity contribution < 1.29 is 9.53 Å². The Morgan fingerprint density at radius 1 is 1.38 bits per heavy atom.